The van der Waals surface area contributed by atoms with E-state index >= 15 is 0 Å². The minimum Gasteiger partial charge on any atom is -0.447 e. The number of rotatable bonds is 3. The van der Waals surface area contributed by atoms with Crippen molar-refractivity contribution in [3.8, 4) is 0 Å². The van der Waals surface area contributed by atoms with Gasteiger partial charge in [-0.3, -0.25) is 9.69 Å². The second kappa shape index (κ2) is 5.99. The molecule has 4 heterocycles. The van der Waals surface area contributed by atoms with E-state index < -0.39 is 12.1 Å². The van der Waals surface area contributed by atoms with Gasteiger partial charge in [-0.1, -0.05) is 0 Å². The lowest BCUT2D eigenvalue weighted by Gasteiger charge is -2.20. The van der Waals surface area contributed by atoms with Crippen molar-refractivity contribution >= 4 is 33.5 Å². The molecular formula is C16H14BrN5O3. The molecule has 1 fully saturated rings. The van der Waals surface area contributed by atoms with Crippen LogP contribution in [0.25, 0.3) is 5.65 Å². The normalized spacial score (nSPS) is 17.3. The van der Waals surface area contributed by atoms with Crippen molar-refractivity contribution in [3.63, 3.8) is 0 Å². The Morgan fingerprint density at radius 2 is 2.16 bits per heavy atom. The second-order valence-corrected chi connectivity index (χ2v) is 6.42. The average Bonchev–Trinajstić information content (AvgIpc) is 3.18. The molecular weight excluding hydrogens is 390 g/mol. The van der Waals surface area contributed by atoms with Crippen LogP contribution < -0.4 is 10.5 Å². The topological polar surface area (TPSA) is 81.7 Å². The first-order valence-corrected chi connectivity index (χ1v) is 8.54. The van der Waals surface area contributed by atoms with Crippen LogP contribution in [-0.4, -0.2) is 31.9 Å². The van der Waals surface area contributed by atoms with Gasteiger partial charge in [0.1, 0.15) is 18.5 Å². The predicted molar refractivity (Wildman–Crippen MR) is 93.6 cm³/mol. The first-order chi connectivity index (χ1) is 12.1. The van der Waals surface area contributed by atoms with Gasteiger partial charge in [-0.2, -0.15) is 5.10 Å². The molecule has 1 atom stereocenters. The van der Waals surface area contributed by atoms with Gasteiger partial charge < -0.3 is 9.30 Å². The Labute approximate surface area is 150 Å². The molecule has 8 nitrogen and oxygen atoms in total. The molecule has 0 spiro atoms. The molecule has 3 aromatic rings. The maximum absolute atomic E-state index is 12.6. The smallest absolute Gasteiger partial charge is 0.416 e. The Bertz CT molecular complexity index is 1030. The lowest BCUT2D eigenvalue weighted by molar-refractivity contribution is 0.178. The summed E-state index contributed by atoms with van der Waals surface area (Å²) >= 11 is 3.38. The molecule has 1 unspecified atom stereocenters. The third-order valence-corrected chi connectivity index (χ3v) is 4.74. The Balaban J connectivity index is 1.82. The van der Waals surface area contributed by atoms with E-state index in [2.05, 4.69) is 26.0 Å². The highest BCUT2D eigenvalue weighted by atomic mass is 79.9. The zero-order valence-corrected chi connectivity index (χ0v) is 14.9. The summed E-state index contributed by atoms with van der Waals surface area (Å²) in [6.45, 7) is 2.56. The summed E-state index contributed by atoms with van der Waals surface area (Å²) in [6.07, 6.45) is 4.54. The molecule has 1 aliphatic rings. The number of ether oxygens (including phenoxy) is 1. The summed E-state index contributed by atoms with van der Waals surface area (Å²) in [5, 5.41) is 4.14. The molecule has 0 saturated carbocycles. The average molecular weight is 404 g/mol. The molecule has 3 aromatic heterocycles. The molecule has 0 radical (unpaired) electrons. The zero-order chi connectivity index (χ0) is 17.6. The molecule has 1 amide bonds. The number of nitrogens with zero attached hydrogens (tertiary/aromatic N) is 5. The predicted octanol–water partition coefficient (Wildman–Crippen LogP) is 2.37. The Morgan fingerprint density at radius 1 is 1.32 bits per heavy atom. The standard InChI is InChI=1S/C16H14BrN5O3/c1-2-20-6-3-4-10(15(20)23)12-9-25-16(24)22(12)13-5-7-21-14(19-13)11(17)8-18-21/h3-8,12H,2,9H2,1H3. The fourth-order valence-corrected chi connectivity index (χ4v) is 3.29. The molecule has 0 aromatic carbocycles. The second-order valence-electron chi connectivity index (χ2n) is 5.56. The van der Waals surface area contributed by atoms with Crippen molar-refractivity contribution in [1.82, 2.24) is 19.2 Å². The van der Waals surface area contributed by atoms with E-state index in [9.17, 15) is 9.59 Å². The van der Waals surface area contributed by atoms with Gasteiger partial charge in [-0.15, -0.1) is 0 Å². The van der Waals surface area contributed by atoms with Crippen molar-refractivity contribution in [1.29, 1.82) is 0 Å². The first-order valence-electron chi connectivity index (χ1n) is 7.75. The third kappa shape index (κ3) is 2.51. The Kier molecular flexibility index (Phi) is 3.79. The number of hydrogen-bond acceptors (Lipinski definition) is 5. The van der Waals surface area contributed by atoms with Crippen LogP contribution in [0.5, 0.6) is 0 Å². The van der Waals surface area contributed by atoms with Crippen molar-refractivity contribution < 1.29 is 9.53 Å². The van der Waals surface area contributed by atoms with Gasteiger partial charge in [0, 0.05) is 24.5 Å². The molecule has 0 bridgehead atoms. The van der Waals surface area contributed by atoms with E-state index in [-0.39, 0.29) is 12.2 Å². The minimum atomic E-state index is -0.524. The van der Waals surface area contributed by atoms with E-state index in [1.54, 1.807) is 45.9 Å². The molecule has 1 saturated heterocycles. The summed E-state index contributed by atoms with van der Waals surface area (Å²) in [4.78, 5) is 30.8. The van der Waals surface area contributed by atoms with E-state index in [4.69, 9.17) is 4.74 Å². The highest BCUT2D eigenvalue weighted by molar-refractivity contribution is 9.10. The number of aryl methyl sites for hydroxylation is 1. The SMILES string of the molecule is CCn1cccc(C2COC(=O)N2c2ccn3ncc(Br)c3n2)c1=O. The molecule has 0 N–H and O–H groups in total. The fourth-order valence-electron chi connectivity index (χ4n) is 2.93. The Hall–Kier alpha value is -2.68. The van der Waals surface area contributed by atoms with Crippen LogP contribution in [-0.2, 0) is 11.3 Å². The summed E-state index contributed by atoms with van der Waals surface area (Å²) in [7, 11) is 0. The maximum Gasteiger partial charge on any atom is 0.416 e. The third-order valence-electron chi connectivity index (χ3n) is 4.18. The maximum atomic E-state index is 12.6. The number of carbonyl (C=O) groups excluding carboxylic acids is 1. The number of anilines is 1. The zero-order valence-electron chi connectivity index (χ0n) is 13.3. The molecule has 0 aliphatic carbocycles. The molecule has 128 valence electrons. The highest BCUT2D eigenvalue weighted by Gasteiger charge is 2.38. The highest BCUT2D eigenvalue weighted by Crippen LogP contribution is 2.31. The van der Waals surface area contributed by atoms with E-state index in [0.29, 0.717) is 28.0 Å². The van der Waals surface area contributed by atoms with Crippen LogP contribution in [0.4, 0.5) is 10.6 Å². The molecule has 25 heavy (non-hydrogen) atoms. The molecule has 9 heteroatoms. The van der Waals surface area contributed by atoms with Crippen molar-refractivity contribution in [3.05, 3.63) is 57.2 Å². The number of fused-ring (bicyclic) bond motifs is 1. The number of amides is 1. The van der Waals surface area contributed by atoms with Crippen LogP contribution in [0.15, 0.2) is 46.1 Å². The number of hydrogen-bond donors (Lipinski definition) is 0. The Morgan fingerprint density at radius 3 is 2.96 bits per heavy atom. The number of halogens is 1. The number of carbonyl (C=O) groups is 1. The van der Waals surface area contributed by atoms with Gasteiger partial charge in [-0.05, 0) is 41.1 Å². The van der Waals surface area contributed by atoms with Crippen molar-refractivity contribution in [2.45, 2.75) is 19.5 Å². The summed E-state index contributed by atoms with van der Waals surface area (Å²) in [5.74, 6) is 0.410. The van der Waals surface area contributed by atoms with E-state index in [1.807, 2.05) is 6.92 Å². The van der Waals surface area contributed by atoms with Gasteiger partial charge >= 0.3 is 6.09 Å². The van der Waals surface area contributed by atoms with E-state index in [0.717, 1.165) is 0 Å². The molecule has 4 rings (SSSR count). The van der Waals surface area contributed by atoms with Crippen LogP contribution in [0.1, 0.15) is 18.5 Å². The molecule has 1 aliphatic heterocycles. The number of pyridine rings is 1. The van der Waals surface area contributed by atoms with Crippen LogP contribution in [0, 0.1) is 0 Å². The quantitative estimate of drug-likeness (QED) is 0.670. The largest absolute Gasteiger partial charge is 0.447 e. The van der Waals surface area contributed by atoms with Gasteiger partial charge in [0.15, 0.2) is 5.65 Å². The van der Waals surface area contributed by atoms with Gasteiger partial charge in [0.2, 0.25) is 0 Å². The fraction of sp³-hybridized carbons (Fsp3) is 0.250. The van der Waals surface area contributed by atoms with Crippen molar-refractivity contribution in [2.75, 3.05) is 11.5 Å². The number of cyclic esters (lactones) is 1. The van der Waals surface area contributed by atoms with Crippen LogP contribution in [0.3, 0.4) is 0 Å². The lowest BCUT2D eigenvalue weighted by atomic mass is 10.1. The minimum absolute atomic E-state index is 0.106. The summed E-state index contributed by atoms with van der Waals surface area (Å²) < 4.78 is 9.11. The number of aromatic nitrogens is 4. The summed E-state index contributed by atoms with van der Waals surface area (Å²) in [6, 6.07) is 4.68. The van der Waals surface area contributed by atoms with Gasteiger partial charge in [-0.25, -0.2) is 14.3 Å². The van der Waals surface area contributed by atoms with Gasteiger partial charge in [0.25, 0.3) is 5.56 Å². The van der Waals surface area contributed by atoms with Crippen LogP contribution in [0.2, 0.25) is 0 Å². The monoisotopic (exact) mass is 403 g/mol. The van der Waals surface area contributed by atoms with E-state index in [1.165, 1.54) is 4.90 Å². The van der Waals surface area contributed by atoms with Crippen LogP contribution >= 0.6 is 15.9 Å². The lowest BCUT2D eigenvalue weighted by Crippen LogP contribution is -2.33. The van der Waals surface area contributed by atoms with Gasteiger partial charge in [0.05, 0.1) is 10.7 Å². The van der Waals surface area contributed by atoms with Crippen molar-refractivity contribution in [2.24, 2.45) is 0 Å². The summed E-state index contributed by atoms with van der Waals surface area (Å²) in [5.41, 5.74) is 0.948. The first kappa shape index (κ1) is 15.8.